The molecule has 2 heterocycles. The Kier molecular flexibility index (Phi) is 7.91. The summed E-state index contributed by atoms with van der Waals surface area (Å²) in [5.74, 6) is 0. The van der Waals surface area contributed by atoms with E-state index < -0.39 is 0 Å². The third-order valence-corrected chi connectivity index (χ3v) is 5.84. The minimum absolute atomic E-state index is 0.601. The van der Waals surface area contributed by atoms with Crippen molar-refractivity contribution in [2.24, 2.45) is 11.5 Å². The van der Waals surface area contributed by atoms with Crippen molar-refractivity contribution in [1.82, 2.24) is 9.80 Å². The van der Waals surface area contributed by atoms with E-state index in [2.05, 4.69) is 46.2 Å². The zero-order valence-corrected chi connectivity index (χ0v) is 18.2. The van der Waals surface area contributed by atoms with E-state index in [0.717, 1.165) is 61.2 Å². The van der Waals surface area contributed by atoms with E-state index in [0.29, 0.717) is 39.5 Å². The van der Waals surface area contributed by atoms with Crippen molar-refractivity contribution >= 4 is 21.9 Å². The van der Waals surface area contributed by atoms with Gasteiger partial charge in [0.05, 0.1) is 26.4 Å². The molecule has 0 amide bonds. The van der Waals surface area contributed by atoms with Crippen LogP contribution in [0.5, 0.6) is 0 Å². The first-order valence-electron chi connectivity index (χ1n) is 11.2. The van der Waals surface area contributed by atoms with Crippen molar-refractivity contribution < 1.29 is 13.9 Å². The Balaban J connectivity index is 1.73. The van der Waals surface area contributed by atoms with E-state index in [4.69, 9.17) is 25.4 Å². The molecule has 0 saturated heterocycles. The maximum atomic E-state index is 6.52. The molecule has 1 aromatic heterocycles. The van der Waals surface area contributed by atoms with Gasteiger partial charge in [0, 0.05) is 74.3 Å². The van der Waals surface area contributed by atoms with Crippen LogP contribution in [-0.4, -0.2) is 75.5 Å². The number of hydrogen-bond donors (Lipinski definition) is 2. The Morgan fingerprint density at radius 3 is 1.61 bits per heavy atom. The summed E-state index contributed by atoms with van der Waals surface area (Å²) in [5, 5.41) is 2.32. The summed E-state index contributed by atoms with van der Waals surface area (Å²) in [6, 6.07) is 12.8. The lowest BCUT2D eigenvalue weighted by Gasteiger charge is -2.22. The van der Waals surface area contributed by atoms with E-state index in [1.807, 2.05) is 0 Å². The summed E-state index contributed by atoms with van der Waals surface area (Å²) in [5.41, 5.74) is 16.0. The smallest absolute Gasteiger partial charge is 0.139 e. The van der Waals surface area contributed by atoms with Gasteiger partial charge < -0.3 is 25.4 Å². The fourth-order valence-electron chi connectivity index (χ4n) is 4.28. The molecule has 0 atom stereocenters. The molecule has 4 rings (SSSR count). The second kappa shape index (κ2) is 11.0. The predicted molar refractivity (Wildman–Crippen MR) is 124 cm³/mol. The summed E-state index contributed by atoms with van der Waals surface area (Å²) >= 11 is 0. The van der Waals surface area contributed by atoms with Gasteiger partial charge in [0.25, 0.3) is 0 Å². The molecule has 0 aliphatic carbocycles. The number of nitrogens with zero attached hydrogens (tertiary/aromatic N) is 2. The highest BCUT2D eigenvalue weighted by molar-refractivity contribution is 6.06. The van der Waals surface area contributed by atoms with Gasteiger partial charge in [-0.2, -0.15) is 0 Å². The monoisotopic (exact) mass is 426 g/mol. The molecule has 0 saturated carbocycles. The predicted octanol–water partition coefficient (Wildman–Crippen LogP) is 2.15. The average Bonchev–Trinajstić information content (AvgIpc) is 3.16. The van der Waals surface area contributed by atoms with Crippen LogP contribution < -0.4 is 11.5 Å². The van der Waals surface area contributed by atoms with Gasteiger partial charge >= 0.3 is 0 Å². The van der Waals surface area contributed by atoms with Crippen molar-refractivity contribution in [3.63, 3.8) is 0 Å². The van der Waals surface area contributed by atoms with Gasteiger partial charge in [-0.15, -0.1) is 0 Å². The molecule has 168 valence electrons. The van der Waals surface area contributed by atoms with Crippen LogP contribution in [0.25, 0.3) is 21.9 Å². The first-order valence-corrected chi connectivity index (χ1v) is 11.2. The van der Waals surface area contributed by atoms with Gasteiger partial charge in [-0.25, -0.2) is 0 Å². The van der Waals surface area contributed by atoms with Crippen LogP contribution in [-0.2, 0) is 22.6 Å². The van der Waals surface area contributed by atoms with Crippen molar-refractivity contribution in [3.8, 4) is 0 Å². The van der Waals surface area contributed by atoms with E-state index >= 15 is 0 Å². The number of rotatable bonds is 4. The third-order valence-electron chi connectivity index (χ3n) is 5.84. The molecule has 0 unspecified atom stereocenters. The van der Waals surface area contributed by atoms with Crippen molar-refractivity contribution in [2.45, 2.75) is 13.1 Å². The van der Waals surface area contributed by atoms with Crippen molar-refractivity contribution in [3.05, 3.63) is 47.5 Å². The minimum Gasteiger partial charge on any atom is -0.455 e. The molecule has 2 aromatic carbocycles. The molecular formula is C24H34N4O3. The molecule has 2 bridgehead atoms. The Hall–Kier alpha value is -2.00. The molecule has 4 N–H and O–H groups in total. The lowest BCUT2D eigenvalue weighted by atomic mass is 10.1. The molecule has 3 aromatic rings. The summed E-state index contributed by atoms with van der Waals surface area (Å²) in [6.07, 6.45) is 0. The number of furan rings is 1. The summed E-state index contributed by atoms with van der Waals surface area (Å²) < 4.78 is 18.1. The second-order valence-corrected chi connectivity index (χ2v) is 8.04. The standard InChI is InChI=1S/C24H34N4O3/c25-7-9-27-11-13-29-15-16-30-14-12-28(10-8-26)18-20-4-2-6-22-21-5-1-3-19(17-27)23(21)31-24(20)22/h1-6H,7-18,25-26H2. The Morgan fingerprint density at radius 1 is 0.677 bits per heavy atom. The molecule has 7 heteroatoms. The topological polar surface area (TPSA) is 90.1 Å². The highest BCUT2D eigenvalue weighted by Crippen LogP contribution is 2.33. The van der Waals surface area contributed by atoms with Crippen LogP contribution in [0.15, 0.2) is 40.8 Å². The molecular weight excluding hydrogens is 392 g/mol. The van der Waals surface area contributed by atoms with E-state index in [1.54, 1.807) is 0 Å². The zero-order valence-electron chi connectivity index (χ0n) is 18.2. The fourth-order valence-corrected chi connectivity index (χ4v) is 4.28. The molecule has 0 spiro atoms. The highest BCUT2D eigenvalue weighted by Gasteiger charge is 2.17. The van der Waals surface area contributed by atoms with Crippen LogP contribution >= 0.6 is 0 Å². The number of para-hydroxylation sites is 2. The average molecular weight is 427 g/mol. The summed E-state index contributed by atoms with van der Waals surface area (Å²) in [7, 11) is 0. The van der Waals surface area contributed by atoms with Crippen LogP contribution in [0.1, 0.15) is 11.1 Å². The molecule has 7 nitrogen and oxygen atoms in total. The third kappa shape index (κ3) is 5.44. The summed E-state index contributed by atoms with van der Waals surface area (Å²) in [6.45, 7) is 8.57. The van der Waals surface area contributed by atoms with Crippen LogP contribution in [0, 0.1) is 0 Å². The Bertz CT molecular complexity index is 898. The van der Waals surface area contributed by atoms with Gasteiger partial charge in [-0.05, 0) is 0 Å². The number of nitrogens with two attached hydrogens (primary N) is 2. The van der Waals surface area contributed by atoms with E-state index in [9.17, 15) is 0 Å². The quantitative estimate of drug-likeness (QED) is 0.661. The summed E-state index contributed by atoms with van der Waals surface area (Å²) in [4.78, 5) is 4.65. The van der Waals surface area contributed by atoms with Gasteiger partial charge in [-0.1, -0.05) is 36.4 Å². The maximum Gasteiger partial charge on any atom is 0.139 e. The molecule has 1 aliphatic heterocycles. The zero-order chi connectivity index (χ0) is 21.5. The Morgan fingerprint density at radius 2 is 1.16 bits per heavy atom. The molecule has 0 radical (unpaired) electrons. The van der Waals surface area contributed by atoms with Crippen LogP contribution in [0.3, 0.4) is 0 Å². The maximum absolute atomic E-state index is 6.52. The van der Waals surface area contributed by atoms with Gasteiger partial charge in [0.2, 0.25) is 0 Å². The van der Waals surface area contributed by atoms with Crippen LogP contribution in [0.2, 0.25) is 0 Å². The van der Waals surface area contributed by atoms with Gasteiger partial charge in [-0.3, -0.25) is 9.80 Å². The number of benzene rings is 2. The number of hydrogen-bond acceptors (Lipinski definition) is 7. The number of ether oxygens (including phenoxy) is 2. The first-order chi connectivity index (χ1) is 15.3. The van der Waals surface area contributed by atoms with Crippen molar-refractivity contribution in [1.29, 1.82) is 0 Å². The van der Waals surface area contributed by atoms with Gasteiger partial charge in [0.15, 0.2) is 0 Å². The fraction of sp³-hybridized carbons (Fsp3) is 0.500. The number of fused-ring (bicyclic) bond motifs is 1. The lowest BCUT2D eigenvalue weighted by Crippen LogP contribution is -2.33. The first kappa shape index (κ1) is 22.2. The van der Waals surface area contributed by atoms with Gasteiger partial charge in [0.1, 0.15) is 11.2 Å². The Labute approximate surface area is 183 Å². The van der Waals surface area contributed by atoms with E-state index in [1.165, 1.54) is 11.1 Å². The lowest BCUT2D eigenvalue weighted by molar-refractivity contribution is 0.0304. The normalized spacial score (nSPS) is 18.3. The van der Waals surface area contributed by atoms with Crippen molar-refractivity contribution in [2.75, 3.05) is 65.7 Å². The second-order valence-electron chi connectivity index (χ2n) is 8.04. The molecule has 1 aliphatic rings. The van der Waals surface area contributed by atoms with E-state index in [-0.39, 0.29) is 0 Å². The highest BCUT2D eigenvalue weighted by atomic mass is 16.5. The van der Waals surface area contributed by atoms with Crippen LogP contribution in [0.4, 0.5) is 0 Å². The molecule has 0 fully saturated rings. The molecule has 31 heavy (non-hydrogen) atoms. The minimum atomic E-state index is 0.601. The largest absolute Gasteiger partial charge is 0.455 e. The SMILES string of the molecule is NCCN1CCOCCOCCN(CCN)Cc2cccc3c2oc2c(cccc23)C1.